The van der Waals surface area contributed by atoms with Crippen LogP contribution in [0.5, 0.6) is 0 Å². The first kappa shape index (κ1) is 22.4. The van der Waals surface area contributed by atoms with E-state index in [0.717, 1.165) is 16.6 Å². The average molecular weight is 489 g/mol. The van der Waals surface area contributed by atoms with E-state index in [2.05, 4.69) is 16.5 Å². The van der Waals surface area contributed by atoms with Gasteiger partial charge in [-0.3, -0.25) is 14.2 Å². The van der Waals surface area contributed by atoms with Gasteiger partial charge in [-0.1, -0.05) is 11.6 Å². The first-order valence-corrected chi connectivity index (χ1v) is 11.2. The average Bonchev–Trinajstić information content (AvgIpc) is 3.36. The minimum atomic E-state index is -0.562. The van der Waals surface area contributed by atoms with Crippen LogP contribution in [-0.2, 0) is 20.1 Å². The number of carbonyl (C=O) groups is 2. The summed E-state index contributed by atoms with van der Waals surface area (Å²) >= 11 is 6.62. The van der Waals surface area contributed by atoms with Crippen LogP contribution in [0.15, 0.2) is 36.4 Å². The summed E-state index contributed by atoms with van der Waals surface area (Å²) in [5.41, 5.74) is 10.2. The Bertz CT molecular complexity index is 1540. The van der Waals surface area contributed by atoms with Crippen molar-refractivity contribution in [3.63, 3.8) is 0 Å². The molecule has 3 heterocycles. The van der Waals surface area contributed by atoms with Gasteiger partial charge in [0, 0.05) is 30.2 Å². The molecule has 0 aliphatic carbocycles. The van der Waals surface area contributed by atoms with Crippen LogP contribution in [0.25, 0.3) is 22.2 Å². The number of nitrogens with one attached hydrogen (secondary N) is 1. The predicted molar refractivity (Wildman–Crippen MR) is 131 cm³/mol. The lowest BCUT2D eigenvalue weighted by Crippen LogP contribution is -2.42. The molecule has 0 radical (unpaired) electrons. The fourth-order valence-electron chi connectivity index (χ4n) is 4.44. The molecule has 176 valence electrons. The molecule has 5 rings (SSSR count). The number of nitriles is 1. The van der Waals surface area contributed by atoms with Crippen LogP contribution in [0.3, 0.4) is 0 Å². The molecule has 35 heavy (non-hydrogen) atoms. The van der Waals surface area contributed by atoms with E-state index in [1.165, 1.54) is 4.90 Å². The van der Waals surface area contributed by atoms with Crippen molar-refractivity contribution < 1.29 is 9.59 Å². The largest absolute Gasteiger partial charge is 0.351 e. The molecule has 0 bridgehead atoms. The van der Waals surface area contributed by atoms with Crippen molar-refractivity contribution >= 4 is 40.1 Å². The summed E-state index contributed by atoms with van der Waals surface area (Å²) in [7, 11) is 1.82. The number of amides is 3. The zero-order chi connectivity index (χ0) is 24.9. The maximum Gasteiger partial charge on any atom is 0.315 e. The van der Waals surface area contributed by atoms with E-state index in [0.29, 0.717) is 51.9 Å². The minimum Gasteiger partial charge on any atom is -0.351 e. The summed E-state index contributed by atoms with van der Waals surface area (Å²) in [5, 5.41) is 22.5. The number of carbonyl (C=O) groups excluding carboxylic acids is 2. The Morgan fingerprint density at radius 1 is 1.17 bits per heavy atom. The standard InChI is InChI=1S/C24H21ClN8O2/c1-13-17-9-15(10-18(25)22(17)31(2)29-13)21-20(19-12-32(24(27)35)7-8-33(19)30-21)23(34)28-16-5-3-14(11-26)4-6-16/h3-6,9-10H,7-8,12H2,1-2H3,(H2,27,35)(H,28,34). The fraction of sp³-hybridized carbons (Fsp3) is 0.208. The van der Waals surface area contributed by atoms with Crippen molar-refractivity contribution in [2.24, 2.45) is 12.8 Å². The zero-order valence-electron chi connectivity index (χ0n) is 19.0. The van der Waals surface area contributed by atoms with Crippen LogP contribution in [0, 0.1) is 18.3 Å². The Labute approximate surface area is 205 Å². The molecule has 3 N–H and O–H groups in total. The Balaban J connectivity index is 1.65. The molecule has 0 saturated carbocycles. The SMILES string of the molecule is Cc1nn(C)c2c(Cl)cc(-c3nn4c(c3C(=O)Nc3ccc(C#N)cc3)CN(C(N)=O)CC4)cc12. The van der Waals surface area contributed by atoms with Gasteiger partial charge in [0.15, 0.2) is 0 Å². The molecule has 1 aliphatic heterocycles. The van der Waals surface area contributed by atoms with Crippen molar-refractivity contribution in [3.05, 3.63) is 63.9 Å². The van der Waals surface area contributed by atoms with Gasteiger partial charge in [-0.05, 0) is 43.3 Å². The first-order chi connectivity index (χ1) is 16.8. The van der Waals surface area contributed by atoms with E-state index in [9.17, 15) is 9.59 Å². The molecule has 0 spiro atoms. The second kappa shape index (κ2) is 8.45. The number of nitrogens with zero attached hydrogens (tertiary/aromatic N) is 6. The van der Waals surface area contributed by atoms with Crippen molar-refractivity contribution in [2.75, 3.05) is 11.9 Å². The molecule has 2 aromatic heterocycles. The minimum absolute atomic E-state index is 0.153. The van der Waals surface area contributed by atoms with Crippen molar-refractivity contribution in [3.8, 4) is 17.3 Å². The monoisotopic (exact) mass is 488 g/mol. The van der Waals surface area contributed by atoms with Gasteiger partial charge in [-0.15, -0.1) is 0 Å². The number of aryl methyl sites for hydroxylation is 2. The first-order valence-electron chi connectivity index (χ1n) is 10.9. The second-order valence-electron chi connectivity index (χ2n) is 8.36. The van der Waals surface area contributed by atoms with Crippen LogP contribution >= 0.6 is 11.6 Å². The summed E-state index contributed by atoms with van der Waals surface area (Å²) in [6, 6.07) is 11.7. The highest BCUT2D eigenvalue weighted by molar-refractivity contribution is 6.35. The van der Waals surface area contributed by atoms with Gasteiger partial charge in [0.05, 0.1) is 52.2 Å². The maximum absolute atomic E-state index is 13.6. The fourth-order valence-corrected chi connectivity index (χ4v) is 4.78. The zero-order valence-corrected chi connectivity index (χ0v) is 19.8. The number of halogens is 1. The molecule has 0 atom stereocenters. The van der Waals surface area contributed by atoms with E-state index in [-0.39, 0.29) is 6.54 Å². The third-order valence-electron chi connectivity index (χ3n) is 6.14. The highest BCUT2D eigenvalue weighted by Gasteiger charge is 2.30. The van der Waals surface area contributed by atoms with Gasteiger partial charge in [-0.2, -0.15) is 15.5 Å². The number of hydrogen-bond acceptors (Lipinski definition) is 5. The summed E-state index contributed by atoms with van der Waals surface area (Å²) in [4.78, 5) is 26.9. The third kappa shape index (κ3) is 3.86. The van der Waals surface area contributed by atoms with E-state index in [1.807, 2.05) is 20.0 Å². The van der Waals surface area contributed by atoms with E-state index in [1.54, 1.807) is 39.7 Å². The van der Waals surface area contributed by atoms with Crippen LogP contribution in [0.4, 0.5) is 10.5 Å². The van der Waals surface area contributed by atoms with Crippen LogP contribution in [0.2, 0.25) is 5.02 Å². The molecule has 4 aromatic rings. The van der Waals surface area contributed by atoms with Crippen LogP contribution in [-0.4, -0.2) is 42.9 Å². The lowest BCUT2D eigenvalue weighted by atomic mass is 10.0. The molecule has 0 fully saturated rings. The number of aromatic nitrogens is 4. The molecule has 3 amide bonds. The Morgan fingerprint density at radius 3 is 2.60 bits per heavy atom. The Hall–Kier alpha value is -4.36. The molecule has 11 heteroatoms. The quantitative estimate of drug-likeness (QED) is 0.455. The maximum atomic E-state index is 13.6. The van der Waals surface area contributed by atoms with Crippen LogP contribution < -0.4 is 11.1 Å². The lowest BCUT2D eigenvalue weighted by Gasteiger charge is -2.26. The molecule has 0 saturated heterocycles. The van der Waals surface area contributed by atoms with Gasteiger partial charge in [-0.25, -0.2) is 4.79 Å². The molecule has 1 aliphatic rings. The molecular weight excluding hydrogens is 468 g/mol. The topological polar surface area (TPSA) is 135 Å². The number of rotatable bonds is 3. The molecular formula is C24H21ClN8O2. The summed E-state index contributed by atoms with van der Waals surface area (Å²) in [6.07, 6.45) is 0. The van der Waals surface area contributed by atoms with Crippen molar-refractivity contribution in [1.29, 1.82) is 5.26 Å². The summed E-state index contributed by atoms with van der Waals surface area (Å²) in [6.45, 7) is 2.84. The van der Waals surface area contributed by atoms with Crippen LogP contribution in [0.1, 0.15) is 27.3 Å². The van der Waals surface area contributed by atoms with E-state index in [4.69, 9.17) is 27.7 Å². The van der Waals surface area contributed by atoms with Crippen molar-refractivity contribution in [2.45, 2.75) is 20.0 Å². The number of hydrogen-bond donors (Lipinski definition) is 2. The van der Waals surface area contributed by atoms with Gasteiger partial charge >= 0.3 is 6.03 Å². The number of benzene rings is 2. The lowest BCUT2D eigenvalue weighted by molar-refractivity contribution is 0.102. The number of urea groups is 1. The molecule has 0 unspecified atom stereocenters. The van der Waals surface area contributed by atoms with E-state index >= 15 is 0 Å². The normalized spacial score (nSPS) is 12.9. The van der Waals surface area contributed by atoms with Gasteiger partial charge in [0.25, 0.3) is 5.91 Å². The number of anilines is 1. The smallest absolute Gasteiger partial charge is 0.315 e. The highest BCUT2D eigenvalue weighted by atomic mass is 35.5. The third-order valence-corrected chi connectivity index (χ3v) is 6.43. The number of nitrogens with two attached hydrogens (primary N) is 1. The molecule has 10 nitrogen and oxygen atoms in total. The van der Waals surface area contributed by atoms with E-state index < -0.39 is 11.9 Å². The summed E-state index contributed by atoms with van der Waals surface area (Å²) < 4.78 is 3.45. The molecule has 2 aromatic carbocycles. The van der Waals surface area contributed by atoms with Crippen molar-refractivity contribution in [1.82, 2.24) is 24.5 Å². The number of fused-ring (bicyclic) bond motifs is 2. The van der Waals surface area contributed by atoms with Gasteiger partial charge in [0.1, 0.15) is 5.69 Å². The second-order valence-corrected chi connectivity index (χ2v) is 8.77. The van der Waals surface area contributed by atoms with Gasteiger partial charge in [0.2, 0.25) is 0 Å². The Morgan fingerprint density at radius 2 is 1.91 bits per heavy atom. The number of primary amides is 1. The van der Waals surface area contributed by atoms with Gasteiger partial charge < -0.3 is 16.0 Å². The predicted octanol–water partition coefficient (Wildman–Crippen LogP) is 3.42. The summed E-state index contributed by atoms with van der Waals surface area (Å²) in [5.74, 6) is -0.392. The Kier molecular flexibility index (Phi) is 5.42. The highest BCUT2D eigenvalue weighted by Crippen LogP contribution is 2.35.